The van der Waals surface area contributed by atoms with Gasteiger partial charge in [0, 0.05) is 6.42 Å². The Balaban J connectivity index is 1.49. The smallest absolute Gasteiger partial charge is 0.155 e. The second-order valence-electron chi connectivity index (χ2n) is 12.2. The molecule has 0 radical (unpaired) electrons. The van der Waals surface area contributed by atoms with E-state index in [2.05, 4.69) is 53.7 Å². The maximum atomic E-state index is 12.1. The molecule has 3 saturated carbocycles. The summed E-state index contributed by atoms with van der Waals surface area (Å²) in [6, 6.07) is 0. The average Bonchev–Trinajstić information content (AvgIpc) is 3.06. The summed E-state index contributed by atoms with van der Waals surface area (Å²) in [6.45, 7) is 14.7. The van der Waals surface area contributed by atoms with Crippen LogP contribution in [0.4, 0.5) is 0 Å². The van der Waals surface area contributed by atoms with Gasteiger partial charge < -0.3 is 0 Å². The number of fused-ring (bicyclic) bond motifs is 5. The van der Waals surface area contributed by atoms with Gasteiger partial charge in [-0.2, -0.15) is 0 Å². The quantitative estimate of drug-likeness (QED) is 0.418. The Kier molecular flexibility index (Phi) is 6.15. The van der Waals surface area contributed by atoms with E-state index in [1.165, 1.54) is 56.9 Å². The van der Waals surface area contributed by atoms with Gasteiger partial charge in [-0.25, -0.2) is 0 Å². The van der Waals surface area contributed by atoms with E-state index >= 15 is 0 Å². The second-order valence-corrected chi connectivity index (χ2v) is 12.2. The van der Waals surface area contributed by atoms with Gasteiger partial charge >= 0.3 is 0 Å². The summed E-state index contributed by atoms with van der Waals surface area (Å²) in [6.07, 6.45) is 17.2. The van der Waals surface area contributed by atoms with Gasteiger partial charge in [-0.05, 0) is 117 Å². The summed E-state index contributed by atoms with van der Waals surface area (Å²) in [7, 11) is 0. The molecule has 0 amide bonds. The largest absolute Gasteiger partial charge is 0.295 e. The number of hydrogen-bond donors (Lipinski definition) is 0. The van der Waals surface area contributed by atoms with Crippen molar-refractivity contribution in [1.29, 1.82) is 0 Å². The van der Waals surface area contributed by atoms with Gasteiger partial charge in [-0.15, -0.1) is 0 Å². The Morgan fingerprint density at radius 3 is 2.53 bits per heavy atom. The van der Waals surface area contributed by atoms with Crippen LogP contribution in [0.3, 0.4) is 0 Å². The summed E-state index contributed by atoms with van der Waals surface area (Å²) >= 11 is 0. The Labute approximate surface area is 186 Å². The highest BCUT2D eigenvalue weighted by Gasteiger charge is 2.59. The lowest BCUT2D eigenvalue weighted by Gasteiger charge is -2.58. The van der Waals surface area contributed by atoms with Gasteiger partial charge in [0.15, 0.2) is 5.78 Å². The van der Waals surface area contributed by atoms with Crippen LogP contribution in [0, 0.1) is 46.3 Å². The highest BCUT2D eigenvalue weighted by Crippen LogP contribution is 2.67. The van der Waals surface area contributed by atoms with Gasteiger partial charge in [0.1, 0.15) is 0 Å². The normalized spacial score (nSPS) is 42.4. The molecule has 30 heavy (non-hydrogen) atoms. The Hall–Kier alpha value is -0.850. The lowest BCUT2D eigenvalue weighted by atomic mass is 9.46. The van der Waals surface area contributed by atoms with Crippen LogP contribution in [0.2, 0.25) is 0 Å². The molecule has 0 N–H and O–H groups in total. The fourth-order valence-electron chi connectivity index (χ4n) is 8.90. The minimum atomic E-state index is 0.319. The van der Waals surface area contributed by atoms with E-state index in [0.717, 1.165) is 42.4 Å². The molecule has 0 saturated heterocycles. The molecule has 0 aromatic heterocycles. The molecule has 168 valence electrons. The molecule has 4 aliphatic rings. The maximum Gasteiger partial charge on any atom is 0.155 e. The number of ketones is 1. The molecule has 0 aromatic rings. The third kappa shape index (κ3) is 3.57. The van der Waals surface area contributed by atoms with E-state index in [9.17, 15) is 4.79 Å². The monoisotopic (exact) mass is 410 g/mol. The van der Waals surface area contributed by atoms with Crippen LogP contribution in [0.25, 0.3) is 0 Å². The maximum absolute atomic E-state index is 12.1. The van der Waals surface area contributed by atoms with Gasteiger partial charge in [0.05, 0.1) is 0 Å². The molecular weight excluding hydrogens is 364 g/mol. The van der Waals surface area contributed by atoms with Crippen molar-refractivity contribution >= 4 is 5.78 Å². The summed E-state index contributed by atoms with van der Waals surface area (Å²) in [4.78, 5) is 12.1. The molecule has 7 atom stereocenters. The van der Waals surface area contributed by atoms with E-state index in [4.69, 9.17) is 0 Å². The molecule has 0 bridgehead atoms. The van der Waals surface area contributed by atoms with Crippen molar-refractivity contribution in [2.75, 3.05) is 0 Å². The predicted octanol–water partition coefficient (Wildman–Crippen LogP) is 8.15. The highest BCUT2D eigenvalue weighted by molar-refractivity contribution is 5.91. The molecule has 1 nitrogen and oxygen atoms in total. The fraction of sp³-hybridized carbons (Fsp3) is 0.828. The first kappa shape index (κ1) is 22.3. The van der Waals surface area contributed by atoms with Gasteiger partial charge in [-0.3, -0.25) is 4.79 Å². The zero-order valence-electron chi connectivity index (χ0n) is 20.6. The van der Waals surface area contributed by atoms with Crippen LogP contribution in [0.1, 0.15) is 106 Å². The van der Waals surface area contributed by atoms with Crippen molar-refractivity contribution in [3.63, 3.8) is 0 Å². The molecule has 0 unspecified atom stereocenters. The van der Waals surface area contributed by atoms with E-state index in [1.807, 2.05) is 0 Å². The average molecular weight is 411 g/mol. The Morgan fingerprint density at radius 2 is 1.83 bits per heavy atom. The van der Waals surface area contributed by atoms with Crippen LogP contribution in [0.5, 0.6) is 0 Å². The van der Waals surface area contributed by atoms with Crippen molar-refractivity contribution in [2.24, 2.45) is 46.3 Å². The van der Waals surface area contributed by atoms with Crippen LogP contribution in [-0.4, -0.2) is 5.78 Å². The zero-order chi connectivity index (χ0) is 21.7. The van der Waals surface area contributed by atoms with E-state index in [0.29, 0.717) is 22.5 Å². The molecule has 0 heterocycles. The van der Waals surface area contributed by atoms with Crippen molar-refractivity contribution in [3.05, 3.63) is 23.3 Å². The number of hydrogen-bond acceptors (Lipinski definition) is 1. The molecule has 0 aliphatic heterocycles. The lowest BCUT2D eigenvalue weighted by molar-refractivity contribution is -0.117. The molecule has 4 rings (SSSR count). The van der Waals surface area contributed by atoms with E-state index < -0.39 is 0 Å². The first-order valence-corrected chi connectivity index (χ1v) is 13.1. The van der Waals surface area contributed by atoms with Crippen LogP contribution >= 0.6 is 0 Å². The first-order valence-electron chi connectivity index (χ1n) is 13.1. The fourth-order valence-corrected chi connectivity index (χ4v) is 8.90. The first-order chi connectivity index (χ1) is 14.2. The Morgan fingerprint density at radius 1 is 1.07 bits per heavy atom. The van der Waals surface area contributed by atoms with Gasteiger partial charge in [-0.1, -0.05) is 51.8 Å². The number of carbonyl (C=O) groups is 1. The SMILES string of the molecule is C/C=C(/CC[C@@H](C)[C@H]1CC[C@H]2[C@@H]3CCC4=CC(=O)CC[C@]4(C)[C@H]3CC[C@]12C)C(C)C. The zero-order valence-corrected chi connectivity index (χ0v) is 20.6. The minimum absolute atomic E-state index is 0.319. The third-order valence-electron chi connectivity index (χ3n) is 10.7. The standard InChI is InChI=1S/C29H46O/c1-7-21(19(2)3)9-8-20(4)25-12-13-26-24-11-10-22-18-23(30)14-16-28(22,5)27(24)15-17-29(25,26)6/h7,18-20,24-27H,8-17H2,1-6H3/b21-7-/t20-,24+,25-,26+,27+,28+,29-/m1/s1. The predicted molar refractivity (Wildman–Crippen MR) is 127 cm³/mol. The molecular formula is C29H46O. The van der Waals surface area contributed by atoms with Crippen molar-refractivity contribution < 1.29 is 4.79 Å². The summed E-state index contributed by atoms with van der Waals surface area (Å²) in [5.41, 5.74) is 4.03. The Bertz CT molecular complexity index is 727. The summed E-state index contributed by atoms with van der Waals surface area (Å²) < 4.78 is 0. The molecule has 1 heteroatoms. The van der Waals surface area contributed by atoms with Gasteiger partial charge in [0.25, 0.3) is 0 Å². The lowest BCUT2D eigenvalue weighted by Crippen LogP contribution is -2.50. The number of rotatable bonds is 5. The summed E-state index contributed by atoms with van der Waals surface area (Å²) in [5.74, 6) is 5.48. The highest BCUT2D eigenvalue weighted by atomic mass is 16.1. The summed E-state index contributed by atoms with van der Waals surface area (Å²) in [5, 5.41) is 0. The minimum Gasteiger partial charge on any atom is -0.295 e. The van der Waals surface area contributed by atoms with Crippen LogP contribution < -0.4 is 0 Å². The van der Waals surface area contributed by atoms with Crippen molar-refractivity contribution in [2.45, 2.75) is 106 Å². The molecule has 3 fully saturated rings. The number of allylic oxidation sites excluding steroid dienone is 3. The topological polar surface area (TPSA) is 17.1 Å². The molecule has 0 spiro atoms. The van der Waals surface area contributed by atoms with Crippen molar-refractivity contribution in [3.8, 4) is 0 Å². The van der Waals surface area contributed by atoms with Crippen LogP contribution in [0.15, 0.2) is 23.3 Å². The van der Waals surface area contributed by atoms with E-state index in [-0.39, 0.29) is 0 Å². The van der Waals surface area contributed by atoms with Crippen molar-refractivity contribution in [1.82, 2.24) is 0 Å². The number of carbonyl (C=O) groups excluding carboxylic acids is 1. The molecule has 0 aromatic carbocycles. The second kappa shape index (κ2) is 8.25. The van der Waals surface area contributed by atoms with E-state index in [1.54, 1.807) is 5.57 Å². The van der Waals surface area contributed by atoms with Crippen LogP contribution in [-0.2, 0) is 4.79 Å². The van der Waals surface area contributed by atoms with Gasteiger partial charge in [0.2, 0.25) is 0 Å². The third-order valence-corrected chi connectivity index (χ3v) is 10.7. The molecule has 4 aliphatic carbocycles.